The third-order valence-electron chi connectivity index (χ3n) is 1.25. The number of rotatable bonds is 1. The fourth-order valence-corrected chi connectivity index (χ4v) is 0.531. The minimum absolute atomic E-state index is 0.0693. The second-order valence-electron chi connectivity index (χ2n) is 4.04. The second kappa shape index (κ2) is 3.78. The number of amides is 1. The molecule has 0 rings (SSSR count). The van der Waals surface area contributed by atoms with Crippen LogP contribution in [-0.2, 0) is 4.74 Å². The Labute approximate surface area is 74.7 Å². The molecule has 0 unspecified atom stereocenters. The fraction of sp³-hybridized carbons (Fsp3) is 0.778. The van der Waals surface area contributed by atoms with Crippen LogP contribution in [-0.4, -0.2) is 22.6 Å². The highest BCUT2D eigenvalue weighted by Crippen LogP contribution is 2.10. The minimum Gasteiger partial charge on any atom is -0.444 e. The molecule has 3 nitrogen and oxygen atoms in total. The van der Waals surface area contributed by atoms with Gasteiger partial charge in [-0.05, 0) is 34.6 Å². The van der Waals surface area contributed by atoms with Gasteiger partial charge in [-0.3, -0.25) is 0 Å². The van der Waals surface area contributed by atoms with Crippen molar-refractivity contribution >= 4 is 6.09 Å². The molecule has 0 heterocycles. The van der Waals surface area contributed by atoms with Crippen molar-refractivity contribution < 1.29 is 9.53 Å². The van der Waals surface area contributed by atoms with E-state index in [0.717, 1.165) is 0 Å². The lowest BCUT2D eigenvalue weighted by Gasteiger charge is -2.26. The van der Waals surface area contributed by atoms with Gasteiger partial charge in [0.05, 0.1) is 0 Å². The Morgan fingerprint density at radius 2 is 1.83 bits per heavy atom. The number of ether oxygens (including phenoxy) is 1. The monoisotopic (exact) mass is 172 g/mol. The van der Waals surface area contributed by atoms with Crippen LogP contribution in [0, 0.1) is 7.05 Å². The molecule has 0 aliphatic rings. The maximum atomic E-state index is 11.2. The van der Waals surface area contributed by atoms with Crippen LogP contribution >= 0.6 is 0 Å². The lowest BCUT2D eigenvalue weighted by molar-refractivity contribution is 0.0285. The third-order valence-corrected chi connectivity index (χ3v) is 1.25. The molecular weight excluding hydrogens is 154 g/mol. The second-order valence-corrected chi connectivity index (χ2v) is 4.04. The summed E-state index contributed by atoms with van der Waals surface area (Å²) in [5.74, 6) is 0. The minimum atomic E-state index is -0.443. The molecule has 0 aliphatic carbocycles. The van der Waals surface area contributed by atoms with Crippen molar-refractivity contribution in [3.8, 4) is 0 Å². The molecule has 0 saturated carbocycles. The van der Waals surface area contributed by atoms with E-state index in [2.05, 4.69) is 7.05 Å². The molecular formula is C9H18NO2. The van der Waals surface area contributed by atoms with Gasteiger partial charge in [-0.15, -0.1) is 0 Å². The molecule has 0 bridgehead atoms. The number of hydrogen-bond acceptors (Lipinski definition) is 2. The van der Waals surface area contributed by atoms with E-state index in [0.29, 0.717) is 0 Å². The van der Waals surface area contributed by atoms with Crippen LogP contribution in [0.5, 0.6) is 0 Å². The Morgan fingerprint density at radius 3 is 2.08 bits per heavy atom. The smallest absolute Gasteiger partial charge is 0.410 e. The Balaban J connectivity index is 4.05. The Kier molecular flexibility index (Phi) is 3.55. The molecule has 0 spiro atoms. The largest absolute Gasteiger partial charge is 0.444 e. The number of carbonyl (C=O) groups is 1. The van der Waals surface area contributed by atoms with Crippen LogP contribution in [0.15, 0.2) is 0 Å². The Bertz CT molecular complexity index is 158. The van der Waals surface area contributed by atoms with Crippen molar-refractivity contribution in [1.82, 2.24) is 4.90 Å². The van der Waals surface area contributed by atoms with E-state index in [1.165, 1.54) is 4.90 Å². The molecule has 0 N–H and O–H groups in total. The molecule has 0 aromatic rings. The summed E-state index contributed by atoms with van der Waals surface area (Å²) in [6.07, 6.45) is -0.377. The highest BCUT2D eigenvalue weighted by Gasteiger charge is 2.20. The molecule has 0 fully saturated rings. The average Bonchev–Trinajstić information content (AvgIpc) is 1.82. The topological polar surface area (TPSA) is 29.5 Å². The molecule has 0 aliphatic heterocycles. The van der Waals surface area contributed by atoms with Crippen molar-refractivity contribution in [1.29, 1.82) is 0 Å². The predicted molar refractivity (Wildman–Crippen MR) is 48.6 cm³/mol. The number of carbonyl (C=O) groups excluding carboxylic acids is 1. The van der Waals surface area contributed by atoms with E-state index in [1.807, 2.05) is 34.6 Å². The molecule has 3 heteroatoms. The predicted octanol–water partition coefficient (Wildman–Crippen LogP) is 2.42. The molecule has 1 amide bonds. The van der Waals surface area contributed by atoms with Crippen molar-refractivity contribution in [2.45, 2.75) is 46.3 Å². The average molecular weight is 172 g/mol. The fourth-order valence-electron chi connectivity index (χ4n) is 0.531. The summed E-state index contributed by atoms with van der Waals surface area (Å²) in [7, 11) is 3.58. The van der Waals surface area contributed by atoms with Gasteiger partial charge in [-0.2, -0.15) is 0 Å². The molecule has 0 atom stereocenters. The van der Waals surface area contributed by atoms with Gasteiger partial charge in [0.1, 0.15) is 5.60 Å². The molecule has 12 heavy (non-hydrogen) atoms. The van der Waals surface area contributed by atoms with E-state index >= 15 is 0 Å². The zero-order valence-electron chi connectivity index (χ0n) is 8.55. The maximum absolute atomic E-state index is 11.2. The van der Waals surface area contributed by atoms with Gasteiger partial charge in [0, 0.05) is 13.1 Å². The molecule has 0 aromatic heterocycles. The highest BCUT2D eigenvalue weighted by molar-refractivity contribution is 5.68. The normalized spacial score (nSPS) is 11.6. The first-order valence-electron chi connectivity index (χ1n) is 4.07. The molecule has 0 saturated heterocycles. The summed E-state index contributed by atoms with van der Waals surface area (Å²) >= 11 is 0. The summed E-state index contributed by atoms with van der Waals surface area (Å²) in [5, 5.41) is 0. The van der Waals surface area contributed by atoms with E-state index < -0.39 is 5.60 Å². The van der Waals surface area contributed by atoms with Gasteiger partial charge in [-0.25, -0.2) is 4.79 Å². The van der Waals surface area contributed by atoms with Crippen molar-refractivity contribution in [2.24, 2.45) is 0 Å². The first-order valence-corrected chi connectivity index (χ1v) is 4.07. The van der Waals surface area contributed by atoms with Crippen molar-refractivity contribution in [3.05, 3.63) is 7.05 Å². The summed E-state index contributed by atoms with van der Waals surface area (Å²) in [6.45, 7) is 9.27. The lowest BCUT2D eigenvalue weighted by Crippen LogP contribution is -2.36. The van der Waals surface area contributed by atoms with E-state index in [9.17, 15) is 4.79 Å². The standard InChI is InChI=1S/C9H18NO2/c1-7(2)10(6)8(11)12-9(3,4)5/h7H,6H2,1-5H3. The summed E-state index contributed by atoms with van der Waals surface area (Å²) in [6, 6.07) is 0.0693. The van der Waals surface area contributed by atoms with Crippen LogP contribution < -0.4 is 0 Å². The van der Waals surface area contributed by atoms with Crippen LogP contribution in [0.25, 0.3) is 0 Å². The van der Waals surface area contributed by atoms with Gasteiger partial charge in [0.15, 0.2) is 0 Å². The van der Waals surface area contributed by atoms with Crippen LogP contribution in [0.1, 0.15) is 34.6 Å². The van der Waals surface area contributed by atoms with Crippen LogP contribution in [0.2, 0.25) is 0 Å². The summed E-state index contributed by atoms with van der Waals surface area (Å²) < 4.78 is 5.09. The van der Waals surface area contributed by atoms with E-state index in [-0.39, 0.29) is 12.1 Å². The van der Waals surface area contributed by atoms with Crippen LogP contribution in [0.4, 0.5) is 4.79 Å². The summed E-state index contributed by atoms with van der Waals surface area (Å²) in [5.41, 5.74) is -0.443. The first kappa shape index (κ1) is 11.3. The van der Waals surface area contributed by atoms with E-state index in [4.69, 9.17) is 4.74 Å². The zero-order chi connectivity index (χ0) is 9.94. The quantitative estimate of drug-likeness (QED) is 0.608. The van der Waals surface area contributed by atoms with Crippen molar-refractivity contribution in [2.75, 3.05) is 0 Å². The van der Waals surface area contributed by atoms with E-state index in [1.54, 1.807) is 0 Å². The molecule has 1 radical (unpaired) electrons. The van der Waals surface area contributed by atoms with Gasteiger partial charge < -0.3 is 9.64 Å². The van der Waals surface area contributed by atoms with Crippen molar-refractivity contribution in [3.63, 3.8) is 0 Å². The molecule has 71 valence electrons. The van der Waals surface area contributed by atoms with Gasteiger partial charge in [0.2, 0.25) is 0 Å². The Morgan fingerprint density at radius 1 is 1.42 bits per heavy atom. The van der Waals surface area contributed by atoms with Gasteiger partial charge in [0.25, 0.3) is 0 Å². The molecule has 0 aromatic carbocycles. The third kappa shape index (κ3) is 4.21. The van der Waals surface area contributed by atoms with Gasteiger partial charge >= 0.3 is 6.09 Å². The SMILES string of the molecule is [CH2]N(C(=O)OC(C)(C)C)C(C)C. The summed E-state index contributed by atoms with van der Waals surface area (Å²) in [4.78, 5) is 12.6. The lowest BCUT2D eigenvalue weighted by atomic mass is 10.2. The maximum Gasteiger partial charge on any atom is 0.410 e. The van der Waals surface area contributed by atoms with Crippen LogP contribution in [0.3, 0.4) is 0 Å². The zero-order valence-corrected chi connectivity index (χ0v) is 8.55. The number of hydrogen-bond donors (Lipinski definition) is 0. The first-order chi connectivity index (χ1) is 5.24. The van der Waals surface area contributed by atoms with Gasteiger partial charge in [-0.1, -0.05) is 0 Å². The Hall–Kier alpha value is -0.730. The highest BCUT2D eigenvalue weighted by atomic mass is 16.6. The number of nitrogens with zero attached hydrogens (tertiary/aromatic N) is 1.